The summed E-state index contributed by atoms with van der Waals surface area (Å²) in [5, 5.41) is 8.76. The van der Waals surface area contributed by atoms with E-state index in [1.54, 1.807) is 17.9 Å². The molecule has 218 valence electrons. The van der Waals surface area contributed by atoms with Crippen molar-refractivity contribution in [1.82, 2.24) is 9.80 Å². The Morgan fingerprint density at radius 2 is 1.56 bits per heavy atom. The first-order valence-electron chi connectivity index (χ1n) is 12.0. The van der Waals surface area contributed by atoms with Crippen LogP contribution in [0.3, 0.4) is 0 Å². The third kappa shape index (κ3) is 9.15. The molecule has 14 heteroatoms. The van der Waals surface area contributed by atoms with Gasteiger partial charge in [-0.3, -0.25) is 4.90 Å². The summed E-state index contributed by atoms with van der Waals surface area (Å²) in [5.74, 6) is -0.925. The van der Waals surface area contributed by atoms with E-state index in [2.05, 4.69) is 11.1 Å². The van der Waals surface area contributed by atoms with Gasteiger partial charge in [0, 0.05) is 18.7 Å². The van der Waals surface area contributed by atoms with Crippen LogP contribution in [0.1, 0.15) is 53.0 Å². The monoisotopic (exact) mass is 580 g/mol. The van der Waals surface area contributed by atoms with Crippen LogP contribution in [0.15, 0.2) is 42.3 Å². The lowest BCUT2D eigenvalue weighted by Gasteiger charge is -2.33. The molecule has 2 amide bonds. The highest BCUT2D eigenvalue weighted by atomic mass is 32.2. The SMILES string of the molecule is C[C@H]1CC=C(OS(=O)(=O)C(F)(F)F)N(C(=O)O)C1.C[C@H]1CC=C(c2cccc(F)c2)N(C(=O)OC(C)(C)C)C1. The molecule has 3 rings (SSSR count). The van der Waals surface area contributed by atoms with E-state index in [1.165, 1.54) is 12.1 Å². The lowest BCUT2D eigenvalue weighted by Crippen LogP contribution is -2.39. The highest BCUT2D eigenvalue weighted by Crippen LogP contribution is 2.31. The number of benzene rings is 1. The topological polar surface area (TPSA) is 113 Å². The molecule has 1 N–H and O–H groups in total. The van der Waals surface area contributed by atoms with E-state index in [1.807, 2.05) is 32.9 Å². The first-order valence-corrected chi connectivity index (χ1v) is 13.4. The van der Waals surface area contributed by atoms with Crippen LogP contribution in [0.5, 0.6) is 0 Å². The average Bonchev–Trinajstić information content (AvgIpc) is 2.78. The third-order valence-corrected chi connectivity index (χ3v) is 6.35. The van der Waals surface area contributed by atoms with Crippen LogP contribution in [0.25, 0.3) is 5.70 Å². The van der Waals surface area contributed by atoms with Crippen LogP contribution in [0.4, 0.5) is 27.2 Å². The quantitative estimate of drug-likeness (QED) is 0.259. The Hall–Kier alpha value is -3.29. The van der Waals surface area contributed by atoms with Crippen molar-refractivity contribution in [3.05, 3.63) is 53.7 Å². The fourth-order valence-corrected chi connectivity index (χ4v) is 4.10. The number of alkyl halides is 3. The minimum absolute atomic E-state index is 0.130. The van der Waals surface area contributed by atoms with Crippen LogP contribution in [-0.2, 0) is 19.0 Å². The van der Waals surface area contributed by atoms with Crippen molar-refractivity contribution < 1.29 is 49.6 Å². The first-order chi connectivity index (χ1) is 17.8. The van der Waals surface area contributed by atoms with Crippen LogP contribution >= 0.6 is 0 Å². The molecule has 0 aromatic heterocycles. The Labute approximate surface area is 224 Å². The largest absolute Gasteiger partial charge is 0.534 e. The summed E-state index contributed by atoms with van der Waals surface area (Å²) in [7, 11) is -5.85. The van der Waals surface area contributed by atoms with Gasteiger partial charge in [0.15, 0.2) is 0 Å². The second kappa shape index (κ2) is 12.3. The molecule has 0 fully saturated rings. The molecule has 0 radical (unpaired) electrons. The zero-order chi connectivity index (χ0) is 29.8. The molecule has 9 nitrogen and oxygen atoms in total. The summed E-state index contributed by atoms with van der Waals surface area (Å²) in [6.07, 6.45) is 2.12. The summed E-state index contributed by atoms with van der Waals surface area (Å²) in [5.41, 5.74) is -4.72. The average molecular weight is 581 g/mol. The highest BCUT2D eigenvalue weighted by Gasteiger charge is 2.50. The smallest absolute Gasteiger partial charge is 0.465 e. The van der Waals surface area contributed by atoms with E-state index in [4.69, 9.17) is 9.84 Å². The van der Waals surface area contributed by atoms with Crippen molar-refractivity contribution in [3.8, 4) is 0 Å². The number of amides is 2. The fraction of sp³-hybridized carbons (Fsp3) is 0.520. The molecular formula is C25H32F4N2O7S. The van der Waals surface area contributed by atoms with Crippen LogP contribution < -0.4 is 0 Å². The molecule has 2 aliphatic heterocycles. The molecule has 2 aliphatic rings. The minimum Gasteiger partial charge on any atom is -0.465 e. The molecule has 0 saturated carbocycles. The summed E-state index contributed by atoms with van der Waals surface area (Å²) >= 11 is 0. The maximum Gasteiger partial charge on any atom is 0.534 e. The zero-order valence-corrected chi connectivity index (χ0v) is 23.0. The normalized spacial score (nSPS) is 20.2. The molecule has 2 atom stereocenters. The van der Waals surface area contributed by atoms with E-state index in [0.29, 0.717) is 22.9 Å². The van der Waals surface area contributed by atoms with Crippen molar-refractivity contribution in [2.24, 2.45) is 11.8 Å². The number of hydrogen-bond donors (Lipinski definition) is 1. The van der Waals surface area contributed by atoms with Gasteiger partial charge < -0.3 is 14.0 Å². The molecule has 0 aliphatic carbocycles. The lowest BCUT2D eigenvalue weighted by atomic mass is 9.98. The number of carboxylic acid groups (broad SMARTS) is 1. The Morgan fingerprint density at radius 3 is 2.08 bits per heavy atom. The minimum atomic E-state index is -5.85. The maximum absolute atomic E-state index is 13.4. The van der Waals surface area contributed by atoms with E-state index < -0.39 is 33.2 Å². The first kappa shape index (κ1) is 31.9. The molecule has 0 spiro atoms. The van der Waals surface area contributed by atoms with Gasteiger partial charge in [-0.1, -0.05) is 32.1 Å². The number of rotatable bonds is 3. The highest BCUT2D eigenvalue weighted by molar-refractivity contribution is 7.87. The predicted octanol–water partition coefficient (Wildman–Crippen LogP) is 6.16. The number of carbonyl (C=O) groups excluding carboxylic acids is 1. The van der Waals surface area contributed by atoms with Gasteiger partial charge in [-0.25, -0.2) is 18.9 Å². The predicted molar refractivity (Wildman–Crippen MR) is 134 cm³/mol. The molecule has 0 unspecified atom stereocenters. The third-order valence-electron chi connectivity index (χ3n) is 5.40. The van der Waals surface area contributed by atoms with E-state index in [-0.39, 0.29) is 30.8 Å². The van der Waals surface area contributed by atoms with Crippen molar-refractivity contribution in [1.29, 1.82) is 0 Å². The number of hydrogen-bond acceptors (Lipinski definition) is 6. The van der Waals surface area contributed by atoms with Gasteiger partial charge in [-0.05, 0) is 63.7 Å². The number of ether oxygens (including phenoxy) is 1. The van der Waals surface area contributed by atoms with Gasteiger partial charge in [0.2, 0.25) is 5.88 Å². The second-order valence-electron chi connectivity index (χ2n) is 10.3. The standard InChI is InChI=1S/C17H22FNO2.C8H10F3NO5S/c1-12-8-9-15(13-6-5-7-14(18)10-13)19(11-12)16(20)21-17(2,3)4;1-5-2-3-6(12(4-5)7(13)14)17-18(15,16)8(9,10)11/h5-7,9-10,12H,8,11H2,1-4H3;3,5H,2,4H2,1H3,(H,13,14)/t12-;5-/m00/s1. The van der Waals surface area contributed by atoms with E-state index in [9.17, 15) is 35.6 Å². The van der Waals surface area contributed by atoms with Crippen LogP contribution in [0, 0.1) is 17.7 Å². The maximum atomic E-state index is 13.4. The van der Waals surface area contributed by atoms with Crippen molar-refractivity contribution >= 4 is 28.0 Å². The number of nitrogens with zero attached hydrogens (tertiary/aromatic N) is 2. The molecule has 0 bridgehead atoms. The molecular weight excluding hydrogens is 548 g/mol. The van der Waals surface area contributed by atoms with Gasteiger partial charge in [0.25, 0.3) is 0 Å². The Bertz CT molecular complexity index is 1220. The summed E-state index contributed by atoms with van der Waals surface area (Å²) < 4.78 is 80.5. The van der Waals surface area contributed by atoms with Crippen molar-refractivity contribution in [3.63, 3.8) is 0 Å². The summed E-state index contributed by atoms with van der Waals surface area (Å²) in [6.45, 7) is 9.71. The molecule has 39 heavy (non-hydrogen) atoms. The van der Waals surface area contributed by atoms with Crippen molar-refractivity contribution in [2.45, 2.75) is 58.6 Å². The Kier molecular flexibility index (Phi) is 10.0. The summed E-state index contributed by atoms with van der Waals surface area (Å²) in [6, 6.07) is 6.30. The second-order valence-corrected chi connectivity index (χ2v) is 11.8. The van der Waals surface area contributed by atoms with Crippen LogP contribution in [0.2, 0.25) is 0 Å². The molecule has 0 saturated heterocycles. The van der Waals surface area contributed by atoms with Gasteiger partial charge in [-0.2, -0.15) is 21.6 Å². The Balaban J connectivity index is 0.000000277. The van der Waals surface area contributed by atoms with Crippen molar-refractivity contribution in [2.75, 3.05) is 13.1 Å². The summed E-state index contributed by atoms with van der Waals surface area (Å²) in [4.78, 5) is 25.2. The Morgan fingerprint density at radius 1 is 1.00 bits per heavy atom. The fourth-order valence-electron chi connectivity index (χ4n) is 3.62. The van der Waals surface area contributed by atoms with Gasteiger partial charge >= 0.3 is 27.8 Å². The van der Waals surface area contributed by atoms with Gasteiger partial charge in [0.1, 0.15) is 11.4 Å². The number of allylic oxidation sites excluding steroid dienone is 2. The molecule has 1 aromatic carbocycles. The number of halogens is 4. The van der Waals surface area contributed by atoms with E-state index in [0.717, 1.165) is 18.2 Å². The number of carbonyl (C=O) groups is 2. The van der Waals surface area contributed by atoms with E-state index >= 15 is 0 Å². The van der Waals surface area contributed by atoms with Gasteiger partial charge in [-0.15, -0.1) is 0 Å². The molecule has 2 heterocycles. The zero-order valence-electron chi connectivity index (χ0n) is 22.2. The lowest BCUT2D eigenvalue weighted by molar-refractivity contribution is -0.0539. The van der Waals surface area contributed by atoms with Crippen LogP contribution in [-0.4, -0.2) is 59.7 Å². The van der Waals surface area contributed by atoms with Gasteiger partial charge in [0.05, 0.1) is 5.70 Å². The molecule has 1 aromatic rings.